The first-order valence-electron chi connectivity index (χ1n) is 25.3. The topological polar surface area (TPSA) is 16.4 Å². The van der Waals surface area contributed by atoms with Gasteiger partial charge in [0.05, 0.1) is 0 Å². The van der Waals surface area contributed by atoms with E-state index in [1.165, 1.54) is 77.9 Å². The van der Waals surface area contributed by atoms with Crippen molar-refractivity contribution in [1.29, 1.82) is 0 Å². The van der Waals surface area contributed by atoms with Crippen molar-refractivity contribution in [3.8, 4) is 89.0 Å². The lowest BCUT2D eigenvalue weighted by Gasteiger charge is -2.26. The summed E-state index contributed by atoms with van der Waals surface area (Å²) < 4.78 is 6.42. The molecule has 74 heavy (non-hydrogen) atoms. The zero-order valence-electron chi connectivity index (χ0n) is 40.6. The second-order valence-electron chi connectivity index (χ2n) is 18.9. The average Bonchev–Trinajstić information content (AvgIpc) is 3.86. The molecule has 0 fully saturated rings. The molecule has 0 radical (unpaired) electrons. The molecule has 348 valence electrons. The van der Waals surface area contributed by atoms with Crippen molar-refractivity contribution in [3.05, 3.63) is 297 Å². The van der Waals surface area contributed by atoms with Crippen LogP contribution in [0.5, 0.6) is 0 Å². The van der Waals surface area contributed by atoms with Gasteiger partial charge in [0.1, 0.15) is 11.2 Å². The van der Waals surface area contributed by atoms with Crippen LogP contribution in [-0.2, 0) is 0 Å². The number of nitrogens with zero attached hydrogens (tertiary/aromatic N) is 1. The van der Waals surface area contributed by atoms with Gasteiger partial charge in [0.15, 0.2) is 0 Å². The second-order valence-corrected chi connectivity index (χ2v) is 18.9. The molecule has 0 atom stereocenters. The number of hydrogen-bond donors (Lipinski definition) is 0. The van der Waals surface area contributed by atoms with E-state index in [0.717, 1.165) is 50.1 Å². The largest absolute Gasteiger partial charge is 0.456 e. The van der Waals surface area contributed by atoms with E-state index in [9.17, 15) is 0 Å². The van der Waals surface area contributed by atoms with Crippen LogP contribution in [0.15, 0.2) is 302 Å². The van der Waals surface area contributed by atoms with E-state index in [2.05, 4.69) is 290 Å². The third kappa shape index (κ3) is 8.87. The van der Waals surface area contributed by atoms with E-state index < -0.39 is 0 Å². The van der Waals surface area contributed by atoms with Crippen molar-refractivity contribution >= 4 is 39.0 Å². The molecule has 0 aliphatic rings. The van der Waals surface area contributed by atoms with Gasteiger partial charge >= 0.3 is 0 Å². The second kappa shape index (κ2) is 19.4. The number of rotatable bonds is 11. The van der Waals surface area contributed by atoms with E-state index in [-0.39, 0.29) is 0 Å². The maximum absolute atomic E-state index is 6.42. The van der Waals surface area contributed by atoms with Gasteiger partial charge in [0.25, 0.3) is 0 Å². The van der Waals surface area contributed by atoms with Crippen molar-refractivity contribution < 1.29 is 4.42 Å². The Morgan fingerprint density at radius 1 is 0.176 bits per heavy atom. The lowest BCUT2D eigenvalue weighted by atomic mass is 9.96. The van der Waals surface area contributed by atoms with E-state index >= 15 is 0 Å². The van der Waals surface area contributed by atoms with Crippen molar-refractivity contribution in [2.24, 2.45) is 0 Å². The van der Waals surface area contributed by atoms with Gasteiger partial charge in [-0.2, -0.15) is 0 Å². The zero-order valence-corrected chi connectivity index (χ0v) is 40.6. The molecule has 13 aromatic rings. The third-order valence-corrected chi connectivity index (χ3v) is 14.4. The van der Waals surface area contributed by atoms with Crippen molar-refractivity contribution in [2.45, 2.75) is 0 Å². The first-order chi connectivity index (χ1) is 36.6. The Bertz CT molecular complexity index is 3830. The fourth-order valence-electron chi connectivity index (χ4n) is 10.3. The Hall–Kier alpha value is -9.76. The molecule has 2 heteroatoms. The summed E-state index contributed by atoms with van der Waals surface area (Å²) in [7, 11) is 0. The molecule has 1 aromatic heterocycles. The van der Waals surface area contributed by atoms with Gasteiger partial charge in [-0.3, -0.25) is 0 Å². The predicted octanol–water partition coefficient (Wildman–Crippen LogP) is 20.4. The number of anilines is 3. The standard InChI is InChI=1S/C72H49NO/c1-3-11-50(12-4-1)52-21-29-58(30-22-52)62-15-9-17-64(47-62)60-33-25-54(26-34-60)56-37-41-66(42-38-56)73(68-45-46-70-69-19-7-8-20-71(69)74-72(70)49-68)67-43-39-57(40-44-67)55-27-35-61(36-28-55)65-18-10-16-63(48-65)59-31-23-53(24-32-59)51-13-5-2-6-14-51/h1-49H. The quantitative estimate of drug-likeness (QED) is 0.128. The van der Waals surface area contributed by atoms with Crippen LogP contribution in [0, 0.1) is 0 Å². The van der Waals surface area contributed by atoms with E-state index in [1.807, 2.05) is 12.1 Å². The molecule has 0 saturated heterocycles. The SMILES string of the molecule is c1ccc(-c2ccc(-c3cccc(-c4ccc(-c5ccc(N(c6ccc(-c7ccc(-c8cccc(-c9ccc(-c%10ccccc%10)cc9)c8)cc7)cc6)c6ccc7c(c6)oc6ccccc67)cc5)cc4)c3)cc2)cc1. The summed E-state index contributed by atoms with van der Waals surface area (Å²) in [6.07, 6.45) is 0. The molecule has 0 amide bonds. The number of para-hydroxylation sites is 1. The van der Waals surface area contributed by atoms with Crippen molar-refractivity contribution in [2.75, 3.05) is 4.90 Å². The highest BCUT2D eigenvalue weighted by atomic mass is 16.3. The van der Waals surface area contributed by atoms with Crippen LogP contribution in [0.4, 0.5) is 17.1 Å². The van der Waals surface area contributed by atoms with Gasteiger partial charge in [-0.05, 0) is 144 Å². The first kappa shape index (κ1) is 44.2. The highest BCUT2D eigenvalue weighted by Gasteiger charge is 2.17. The fraction of sp³-hybridized carbons (Fsp3) is 0. The molecule has 0 aliphatic carbocycles. The highest BCUT2D eigenvalue weighted by molar-refractivity contribution is 6.06. The summed E-state index contributed by atoms with van der Waals surface area (Å²) in [6, 6.07) is 107. The van der Waals surface area contributed by atoms with Gasteiger partial charge in [0.2, 0.25) is 0 Å². The molecular formula is C72H49NO. The molecular weight excluding hydrogens is 895 g/mol. The lowest BCUT2D eigenvalue weighted by Crippen LogP contribution is -2.09. The van der Waals surface area contributed by atoms with Gasteiger partial charge in [0, 0.05) is 33.9 Å². The zero-order chi connectivity index (χ0) is 49.2. The minimum absolute atomic E-state index is 0.861. The normalized spacial score (nSPS) is 11.2. The Morgan fingerprint density at radius 3 is 0.824 bits per heavy atom. The summed E-state index contributed by atoms with van der Waals surface area (Å²) in [4.78, 5) is 2.32. The molecule has 0 bridgehead atoms. The number of fused-ring (bicyclic) bond motifs is 3. The highest BCUT2D eigenvalue weighted by Crippen LogP contribution is 2.41. The Balaban J connectivity index is 0.756. The van der Waals surface area contributed by atoms with Crippen LogP contribution in [0.25, 0.3) is 111 Å². The molecule has 0 saturated carbocycles. The smallest absolute Gasteiger partial charge is 0.137 e. The lowest BCUT2D eigenvalue weighted by molar-refractivity contribution is 0.669. The number of benzene rings is 12. The van der Waals surface area contributed by atoms with Crippen LogP contribution in [0.1, 0.15) is 0 Å². The molecule has 13 rings (SSSR count). The number of furan rings is 1. The summed E-state index contributed by atoms with van der Waals surface area (Å²) >= 11 is 0. The number of hydrogen-bond acceptors (Lipinski definition) is 2. The monoisotopic (exact) mass is 943 g/mol. The summed E-state index contributed by atoms with van der Waals surface area (Å²) in [5.41, 5.74) is 24.0. The first-order valence-corrected chi connectivity index (χ1v) is 25.3. The van der Waals surface area contributed by atoms with Crippen molar-refractivity contribution in [3.63, 3.8) is 0 Å². The summed E-state index contributed by atoms with van der Waals surface area (Å²) in [5, 5.41) is 2.23. The van der Waals surface area contributed by atoms with Crippen LogP contribution in [0.3, 0.4) is 0 Å². The molecule has 1 heterocycles. The van der Waals surface area contributed by atoms with Crippen molar-refractivity contribution in [1.82, 2.24) is 0 Å². The molecule has 0 aliphatic heterocycles. The maximum Gasteiger partial charge on any atom is 0.137 e. The molecule has 0 N–H and O–H groups in total. The van der Waals surface area contributed by atoms with E-state index in [1.54, 1.807) is 0 Å². The minimum atomic E-state index is 0.861. The predicted molar refractivity (Wildman–Crippen MR) is 312 cm³/mol. The molecule has 12 aromatic carbocycles. The van der Waals surface area contributed by atoms with Crippen LogP contribution in [0.2, 0.25) is 0 Å². The molecule has 2 nitrogen and oxygen atoms in total. The maximum atomic E-state index is 6.42. The van der Waals surface area contributed by atoms with Crippen LogP contribution in [-0.4, -0.2) is 0 Å². The van der Waals surface area contributed by atoms with Crippen LogP contribution < -0.4 is 4.90 Å². The molecule has 0 unspecified atom stereocenters. The molecule has 0 spiro atoms. The Morgan fingerprint density at radius 2 is 0.446 bits per heavy atom. The van der Waals surface area contributed by atoms with E-state index in [4.69, 9.17) is 4.42 Å². The van der Waals surface area contributed by atoms with Gasteiger partial charge in [-0.1, -0.05) is 237 Å². The Kier molecular flexibility index (Phi) is 11.6. The third-order valence-electron chi connectivity index (χ3n) is 14.4. The van der Waals surface area contributed by atoms with Crippen LogP contribution >= 0.6 is 0 Å². The minimum Gasteiger partial charge on any atom is -0.456 e. The average molecular weight is 944 g/mol. The van der Waals surface area contributed by atoms with E-state index in [0.29, 0.717) is 0 Å². The Labute approximate surface area is 432 Å². The van der Waals surface area contributed by atoms with Gasteiger partial charge in [-0.25, -0.2) is 0 Å². The van der Waals surface area contributed by atoms with Gasteiger partial charge in [-0.15, -0.1) is 0 Å². The van der Waals surface area contributed by atoms with Gasteiger partial charge < -0.3 is 9.32 Å². The summed E-state index contributed by atoms with van der Waals surface area (Å²) in [6.45, 7) is 0. The summed E-state index contributed by atoms with van der Waals surface area (Å²) in [5.74, 6) is 0. The fourth-order valence-corrected chi connectivity index (χ4v) is 10.3.